The van der Waals surface area contributed by atoms with E-state index in [1.165, 1.54) is 6.07 Å². The van der Waals surface area contributed by atoms with Crippen molar-refractivity contribution in [2.45, 2.75) is 25.3 Å². The molecule has 0 amide bonds. The smallest absolute Gasteiger partial charge is 0.159 e. The highest BCUT2D eigenvalue weighted by molar-refractivity contribution is 5.24. The Kier molecular flexibility index (Phi) is 3.45. The molecule has 1 unspecified atom stereocenters. The minimum absolute atomic E-state index is 0.0670. The van der Waals surface area contributed by atoms with E-state index in [1.54, 1.807) is 13.1 Å². The average Bonchev–Trinajstić information content (AvgIpc) is 2.27. The molecule has 1 aliphatic rings. The molecule has 0 aliphatic heterocycles. The quantitative estimate of drug-likeness (QED) is 0.848. The van der Waals surface area contributed by atoms with Crippen LogP contribution >= 0.6 is 0 Å². The Morgan fingerprint density at radius 2 is 2.06 bits per heavy atom. The predicted octanol–water partition coefficient (Wildman–Crippen LogP) is 2.39. The lowest BCUT2D eigenvalue weighted by molar-refractivity contribution is 0.00771. The summed E-state index contributed by atoms with van der Waals surface area (Å²) in [7, 11) is 1.78. The second-order valence-electron chi connectivity index (χ2n) is 4.77. The first-order chi connectivity index (χ1) is 8.13. The SMILES string of the molecule is CNC(c1ccc(F)c(F)c1)C1(CO)CCC1. The van der Waals surface area contributed by atoms with Crippen molar-refractivity contribution in [3.05, 3.63) is 35.4 Å². The van der Waals surface area contributed by atoms with Crippen LogP contribution in [0.2, 0.25) is 0 Å². The molecule has 0 saturated heterocycles. The van der Waals surface area contributed by atoms with Crippen LogP contribution in [0.5, 0.6) is 0 Å². The Labute approximate surface area is 99.7 Å². The number of nitrogens with one attached hydrogen (secondary N) is 1. The molecule has 0 radical (unpaired) electrons. The minimum Gasteiger partial charge on any atom is -0.396 e. The molecule has 0 spiro atoms. The zero-order valence-corrected chi connectivity index (χ0v) is 9.84. The van der Waals surface area contributed by atoms with Gasteiger partial charge in [0.1, 0.15) is 0 Å². The Hall–Kier alpha value is -1.00. The third-order valence-electron chi connectivity index (χ3n) is 3.84. The summed E-state index contributed by atoms with van der Waals surface area (Å²) in [5.74, 6) is -1.68. The molecule has 94 valence electrons. The molecule has 0 bridgehead atoms. The van der Waals surface area contributed by atoms with E-state index in [9.17, 15) is 13.9 Å². The van der Waals surface area contributed by atoms with Gasteiger partial charge in [0.15, 0.2) is 11.6 Å². The number of benzene rings is 1. The van der Waals surface area contributed by atoms with Gasteiger partial charge in [0.05, 0.1) is 6.61 Å². The lowest BCUT2D eigenvalue weighted by atomic mass is 9.63. The van der Waals surface area contributed by atoms with Crippen LogP contribution in [0.25, 0.3) is 0 Å². The van der Waals surface area contributed by atoms with Gasteiger partial charge in [0, 0.05) is 11.5 Å². The number of hydrogen-bond donors (Lipinski definition) is 2. The molecule has 17 heavy (non-hydrogen) atoms. The molecule has 1 saturated carbocycles. The van der Waals surface area contributed by atoms with Crippen LogP contribution in [-0.2, 0) is 0 Å². The summed E-state index contributed by atoms with van der Waals surface area (Å²) in [6, 6.07) is 3.80. The molecule has 4 heteroatoms. The lowest BCUT2D eigenvalue weighted by Gasteiger charge is -2.46. The van der Waals surface area contributed by atoms with Crippen molar-refractivity contribution in [2.24, 2.45) is 5.41 Å². The van der Waals surface area contributed by atoms with Crippen molar-refractivity contribution in [2.75, 3.05) is 13.7 Å². The first-order valence-electron chi connectivity index (χ1n) is 5.86. The van der Waals surface area contributed by atoms with Crippen LogP contribution < -0.4 is 5.32 Å². The maximum atomic E-state index is 13.2. The fraction of sp³-hybridized carbons (Fsp3) is 0.538. The third kappa shape index (κ3) is 2.07. The maximum absolute atomic E-state index is 13.2. The second kappa shape index (κ2) is 4.70. The highest BCUT2D eigenvalue weighted by Crippen LogP contribution is 2.49. The van der Waals surface area contributed by atoms with Crippen molar-refractivity contribution in [1.29, 1.82) is 0 Å². The molecule has 0 aromatic heterocycles. The van der Waals surface area contributed by atoms with Gasteiger partial charge in [-0.25, -0.2) is 8.78 Å². The van der Waals surface area contributed by atoms with E-state index < -0.39 is 11.6 Å². The first kappa shape index (κ1) is 12.5. The largest absolute Gasteiger partial charge is 0.396 e. The summed E-state index contributed by atoms with van der Waals surface area (Å²) in [5.41, 5.74) is 0.471. The summed E-state index contributed by atoms with van der Waals surface area (Å²) in [6.45, 7) is 0.0670. The summed E-state index contributed by atoms with van der Waals surface area (Å²) >= 11 is 0. The fourth-order valence-corrected chi connectivity index (χ4v) is 2.69. The van der Waals surface area contributed by atoms with Gasteiger partial charge in [-0.15, -0.1) is 0 Å². The van der Waals surface area contributed by atoms with Gasteiger partial charge < -0.3 is 10.4 Å². The van der Waals surface area contributed by atoms with Gasteiger partial charge in [-0.3, -0.25) is 0 Å². The molecule has 0 heterocycles. The lowest BCUT2D eigenvalue weighted by Crippen LogP contribution is -2.44. The van der Waals surface area contributed by atoms with Crippen molar-refractivity contribution < 1.29 is 13.9 Å². The number of aliphatic hydroxyl groups excluding tert-OH is 1. The molecule has 1 aromatic carbocycles. The second-order valence-corrected chi connectivity index (χ2v) is 4.77. The van der Waals surface area contributed by atoms with Crippen LogP contribution in [0.3, 0.4) is 0 Å². The Bertz CT molecular complexity index is 399. The molecule has 1 aliphatic carbocycles. The van der Waals surface area contributed by atoms with Gasteiger partial charge in [0.2, 0.25) is 0 Å². The van der Waals surface area contributed by atoms with E-state index in [-0.39, 0.29) is 18.1 Å². The standard InChI is InChI=1S/C13H17F2NO/c1-16-12(13(8-17)5-2-6-13)9-3-4-10(14)11(15)7-9/h3-4,7,12,16-17H,2,5-6,8H2,1H3. The topological polar surface area (TPSA) is 32.3 Å². The predicted molar refractivity (Wildman–Crippen MR) is 61.5 cm³/mol. The molecule has 2 nitrogen and oxygen atoms in total. The van der Waals surface area contributed by atoms with Gasteiger partial charge in [-0.05, 0) is 37.6 Å². The van der Waals surface area contributed by atoms with Crippen molar-refractivity contribution >= 4 is 0 Å². The highest BCUT2D eigenvalue weighted by Gasteiger charge is 2.43. The van der Waals surface area contributed by atoms with E-state index in [2.05, 4.69) is 5.32 Å². The molecular formula is C13H17F2NO. The van der Waals surface area contributed by atoms with Crippen LogP contribution in [0.15, 0.2) is 18.2 Å². The molecule has 1 atom stereocenters. The van der Waals surface area contributed by atoms with Crippen molar-refractivity contribution in [1.82, 2.24) is 5.32 Å². The van der Waals surface area contributed by atoms with E-state index in [0.717, 1.165) is 25.3 Å². The van der Waals surface area contributed by atoms with Crippen LogP contribution in [0.4, 0.5) is 8.78 Å². The Balaban J connectivity index is 2.31. The van der Waals surface area contributed by atoms with Crippen LogP contribution in [-0.4, -0.2) is 18.8 Å². The van der Waals surface area contributed by atoms with Gasteiger partial charge in [-0.2, -0.15) is 0 Å². The van der Waals surface area contributed by atoms with Crippen molar-refractivity contribution in [3.63, 3.8) is 0 Å². The van der Waals surface area contributed by atoms with E-state index in [4.69, 9.17) is 0 Å². The Morgan fingerprint density at radius 3 is 2.47 bits per heavy atom. The third-order valence-corrected chi connectivity index (χ3v) is 3.84. The Morgan fingerprint density at radius 1 is 1.35 bits per heavy atom. The summed E-state index contributed by atoms with van der Waals surface area (Å²) in [4.78, 5) is 0. The summed E-state index contributed by atoms with van der Waals surface area (Å²) < 4.78 is 26.1. The van der Waals surface area contributed by atoms with Gasteiger partial charge in [0.25, 0.3) is 0 Å². The van der Waals surface area contributed by atoms with E-state index >= 15 is 0 Å². The van der Waals surface area contributed by atoms with Crippen LogP contribution in [0, 0.1) is 17.0 Å². The fourth-order valence-electron chi connectivity index (χ4n) is 2.69. The number of halogens is 2. The van der Waals surface area contributed by atoms with E-state index in [1.807, 2.05) is 0 Å². The monoisotopic (exact) mass is 241 g/mol. The average molecular weight is 241 g/mol. The van der Waals surface area contributed by atoms with Crippen molar-refractivity contribution in [3.8, 4) is 0 Å². The van der Waals surface area contributed by atoms with Crippen LogP contribution in [0.1, 0.15) is 30.9 Å². The normalized spacial score (nSPS) is 19.8. The molecule has 1 fully saturated rings. The minimum atomic E-state index is -0.838. The highest BCUT2D eigenvalue weighted by atomic mass is 19.2. The molecule has 1 aromatic rings. The first-order valence-corrected chi connectivity index (χ1v) is 5.86. The van der Waals surface area contributed by atoms with Gasteiger partial charge in [-0.1, -0.05) is 12.5 Å². The molecular weight excluding hydrogens is 224 g/mol. The zero-order valence-electron chi connectivity index (χ0n) is 9.84. The zero-order chi connectivity index (χ0) is 12.5. The van der Waals surface area contributed by atoms with E-state index in [0.29, 0.717) is 5.56 Å². The molecule has 2 rings (SSSR count). The number of hydrogen-bond acceptors (Lipinski definition) is 2. The number of aliphatic hydroxyl groups is 1. The molecule has 2 N–H and O–H groups in total. The van der Waals surface area contributed by atoms with Gasteiger partial charge >= 0.3 is 0 Å². The number of rotatable bonds is 4. The summed E-state index contributed by atoms with van der Waals surface area (Å²) in [5, 5.41) is 12.6. The summed E-state index contributed by atoms with van der Waals surface area (Å²) in [6.07, 6.45) is 2.89. The maximum Gasteiger partial charge on any atom is 0.159 e.